The second kappa shape index (κ2) is 15.0. The third kappa shape index (κ3) is 10.6. The third-order valence-corrected chi connectivity index (χ3v) is 10.3. The average Bonchev–Trinajstić information content (AvgIpc) is 2.96. The Hall–Kier alpha value is -3.45. The molecular weight excluding hydrogens is 681 g/mol. The van der Waals surface area contributed by atoms with Crippen LogP contribution in [0.3, 0.4) is 0 Å². The van der Waals surface area contributed by atoms with Gasteiger partial charge in [-0.2, -0.15) is 0 Å². The molecule has 0 unspecified atom stereocenters. The van der Waals surface area contributed by atoms with Gasteiger partial charge < -0.3 is 19.7 Å². The van der Waals surface area contributed by atoms with Crippen LogP contribution < -0.4 is 4.74 Å². The fourth-order valence-corrected chi connectivity index (χ4v) is 7.03. The molecule has 0 spiro atoms. The molecule has 292 valence electrons. The fourth-order valence-electron chi connectivity index (χ4n) is 6.23. The van der Waals surface area contributed by atoms with Gasteiger partial charge in [-0.1, -0.05) is 125 Å². The SMILES string of the molecule is CC(C)(C)c1cc(SCCOC(=O)c2cc(C(C)(C)C)c(OC(=O)c3cc(C(C)(C)C)c(O)c(C(C)(C)C)c3)c(C(C)(C)C)c2)cc(C(C)(C)C)c1O. The molecule has 0 aliphatic rings. The van der Waals surface area contributed by atoms with E-state index in [0.29, 0.717) is 39.5 Å². The van der Waals surface area contributed by atoms with Crippen molar-refractivity contribution in [3.63, 3.8) is 0 Å². The molecule has 0 fully saturated rings. The first-order valence-electron chi connectivity index (χ1n) is 18.7. The van der Waals surface area contributed by atoms with Crippen molar-refractivity contribution >= 4 is 23.7 Å². The summed E-state index contributed by atoms with van der Waals surface area (Å²) in [5.41, 5.74) is 3.06. The molecule has 0 aromatic heterocycles. The third-order valence-electron chi connectivity index (χ3n) is 9.38. The Labute approximate surface area is 324 Å². The van der Waals surface area contributed by atoms with E-state index in [1.165, 1.54) is 0 Å². The van der Waals surface area contributed by atoms with E-state index in [0.717, 1.165) is 27.1 Å². The quantitative estimate of drug-likeness (QED) is 0.108. The van der Waals surface area contributed by atoms with Crippen LogP contribution in [-0.4, -0.2) is 34.5 Å². The zero-order chi connectivity index (χ0) is 40.9. The van der Waals surface area contributed by atoms with Gasteiger partial charge in [-0.05, 0) is 68.9 Å². The number of hydrogen-bond acceptors (Lipinski definition) is 7. The largest absolute Gasteiger partial charge is 0.507 e. The molecule has 3 aromatic carbocycles. The normalized spacial score (nSPS) is 13.2. The van der Waals surface area contributed by atoms with Crippen molar-refractivity contribution in [1.29, 1.82) is 0 Å². The zero-order valence-electron chi connectivity index (χ0n) is 35.8. The monoisotopic (exact) mass is 746 g/mol. The van der Waals surface area contributed by atoms with E-state index in [2.05, 4.69) is 41.5 Å². The molecule has 3 rings (SSSR count). The van der Waals surface area contributed by atoms with Gasteiger partial charge in [-0.15, -0.1) is 11.8 Å². The van der Waals surface area contributed by atoms with Crippen molar-refractivity contribution < 1.29 is 29.3 Å². The van der Waals surface area contributed by atoms with Crippen LogP contribution >= 0.6 is 11.8 Å². The summed E-state index contributed by atoms with van der Waals surface area (Å²) in [4.78, 5) is 28.8. The van der Waals surface area contributed by atoms with E-state index in [1.54, 1.807) is 36.0 Å². The number of rotatable bonds is 7. The van der Waals surface area contributed by atoms with Crippen molar-refractivity contribution in [3.05, 3.63) is 80.9 Å². The minimum Gasteiger partial charge on any atom is -0.507 e. The Bertz CT molecular complexity index is 1740. The number of phenols is 2. The van der Waals surface area contributed by atoms with Gasteiger partial charge in [0.1, 0.15) is 23.9 Å². The summed E-state index contributed by atoms with van der Waals surface area (Å²) in [7, 11) is 0. The number of benzene rings is 3. The molecule has 0 saturated heterocycles. The lowest BCUT2D eigenvalue weighted by Crippen LogP contribution is -2.24. The molecule has 6 nitrogen and oxygen atoms in total. The molecule has 0 saturated carbocycles. The van der Waals surface area contributed by atoms with E-state index in [1.807, 2.05) is 95.2 Å². The van der Waals surface area contributed by atoms with Crippen LogP contribution in [-0.2, 0) is 37.2 Å². The molecule has 0 amide bonds. The van der Waals surface area contributed by atoms with Gasteiger partial charge in [0.2, 0.25) is 0 Å². The van der Waals surface area contributed by atoms with Gasteiger partial charge in [-0.3, -0.25) is 0 Å². The van der Waals surface area contributed by atoms with Crippen LogP contribution in [0.1, 0.15) is 179 Å². The van der Waals surface area contributed by atoms with Gasteiger partial charge in [0.05, 0.1) is 11.1 Å². The highest BCUT2D eigenvalue weighted by atomic mass is 32.2. The summed E-state index contributed by atoms with van der Waals surface area (Å²) in [5.74, 6) is 0.535. The first-order chi connectivity index (χ1) is 23.7. The lowest BCUT2D eigenvalue weighted by molar-refractivity contribution is 0.0530. The number of carbonyl (C=O) groups excluding carboxylic acids is 2. The molecule has 0 radical (unpaired) electrons. The van der Waals surface area contributed by atoms with Gasteiger partial charge >= 0.3 is 11.9 Å². The van der Waals surface area contributed by atoms with E-state index >= 15 is 0 Å². The van der Waals surface area contributed by atoms with Crippen molar-refractivity contribution in [3.8, 4) is 17.2 Å². The number of ether oxygens (including phenoxy) is 2. The number of esters is 2. The summed E-state index contributed by atoms with van der Waals surface area (Å²) in [6.07, 6.45) is 0. The lowest BCUT2D eigenvalue weighted by atomic mass is 9.78. The van der Waals surface area contributed by atoms with E-state index in [-0.39, 0.29) is 23.2 Å². The van der Waals surface area contributed by atoms with E-state index in [4.69, 9.17) is 9.47 Å². The van der Waals surface area contributed by atoms with Gasteiger partial charge in [-0.25, -0.2) is 9.59 Å². The van der Waals surface area contributed by atoms with Crippen molar-refractivity contribution in [2.75, 3.05) is 12.4 Å². The molecule has 53 heavy (non-hydrogen) atoms. The molecule has 0 atom stereocenters. The second-order valence-corrected chi connectivity index (χ2v) is 21.7. The number of phenolic OH excluding ortho intramolecular Hbond substituents is 2. The zero-order valence-corrected chi connectivity index (χ0v) is 36.6. The maximum absolute atomic E-state index is 14.1. The van der Waals surface area contributed by atoms with E-state index in [9.17, 15) is 19.8 Å². The van der Waals surface area contributed by atoms with Crippen LogP contribution in [0.25, 0.3) is 0 Å². The fraction of sp³-hybridized carbons (Fsp3) is 0.565. The topological polar surface area (TPSA) is 93.1 Å². The first kappa shape index (κ1) is 44.0. The highest BCUT2D eigenvalue weighted by Crippen LogP contribution is 2.44. The van der Waals surface area contributed by atoms with Crippen LogP contribution in [0.15, 0.2) is 41.3 Å². The number of thioether (sulfide) groups is 1. The Morgan fingerprint density at radius 2 is 0.792 bits per heavy atom. The van der Waals surface area contributed by atoms with Crippen LogP contribution in [0.2, 0.25) is 0 Å². The molecular formula is C46H66O6S. The van der Waals surface area contributed by atoms with Crippen molar-refractivity contribution in [1.82, 2.24) is 0 Å². The molecule has 0 heterocycles. The van der Waals surface area contributed by atoms with E-state index < -0.39 is 33.6 Å². The Kier molecular flexibility index (Phi) is 12.4. The summed E-state index contributed by atoms with van der Waals surface area (Å²) >= 11 is 1.59. The summed E-state index contributed by atoms with van der Waals surface area (Å²) < 4.78 is 12.2. The summed E-state index contributed by atoms with van der Waals surface area (Å²) in [6.45, 7) is 37.0. The number of aromatic hydroxyl groups is 2. The van der Waals surface area contributed by atoms with Gasteiger partial charge in [0.15, 0.2) is 0 Å². The maximum Gasteiger partial charge on any atom is 0.343 e. The lowest BCUT2D eigenvalue weighted by Gasteiger charge is -2.30. The minimum absolute atomic E-state index is 0.194. The average molecular weight is 747 g/mol. The van der Waals surface area contributed by atoms with Gasteiger partial charge in [0, 0.05) is 44.0 Å². The predicted octanol–water partition coefficient (Wildman–Crippen LogP) is 12.1. The highest BCUT2D eigenvalue weighted by Gasteiger charge is 2.33. The van der Waals surface area contributed by atoms with Crippen molar-refractivity contribution in [2.45, 2.75) is 162 Å². The van der Waals surface area contributed by atoms with Crippen LogP contribution in [0.5, 0.6) is 17.2 Å². The number of carbonyl (C=O) groups is 2. The molecule has 2 N–H and O–H groups in total. The van der Waals surface area contributed by atoms with Crippen LogP contribution in [0, 0.1) is 0 Å². The predicted molar refractivity (Wildman–Crippen MR) is 221 cm³/mol. The highest BCUT2D eigenvalue weighted by molar-refractivity contribution is 7.99. The van der Waals surface area contributed by atoms with Gasteiger partial charge in [0.25, 0.3) is 0 Å². The number of hydrogen-bond donors (Lipinski definition) is 2. The molecule has 0 bridgehead atoms. The molecule has 0 aliphatic carbocycles. The molecule has 0 aliphatic heterocycles. The second-order valence-electron chi connectivity index (χ2n) is 20.6. The maximum atomic E-state index is 14.1. The Balaban J connectivity index is 1.99. The minimum atomic E-state index is -0.525. The molecule has 7 heteroatoms. The Morgan fingerprint density at radius 3 is 1.13 bits per heavy atom. The molecule has 3 aromatic rings. The standard InChI is InChI=1S/C46H66O6S/c1-41(2,3)30-21-28(22-31(36(30)47)42(4,5)6)40(50)52-38-34(45(13,14)15)23-27(24-35(38)46(16,17)18)39(49)51-19-20-53-29-25-32(43(7,8)9)37(48)33(26-29)44(10,11)12/h21-26,47-48H,19-20H2,1-18H3. The summed E-state index contributed by atoms with van der Waals surface area (Å²) in [5, 5.41) is 22.4. The smallest absolute Gasteiger partial charge is 0.343 e. The van der Waals surface area contributed by atoms with Crippen LogP contribution in [0.4, 0.5) is 0 Å². The van der Waals surface area contributed by atoms with Crippen molar-refractivity contribution in [2.24, 2.45) is 0 Å². The first-order valence-corrected chi connectivity index (χ1v) is 19.7. The Morgan fingerprint density at radius 1 is 0.491 bits per heavy atom. The summed E-state index contributed by atoms with van der Waals surface area (Å²) in [6, 6.07) is 11.1.